The van der Waals surface area contributed by atoms with Crippen LogP contribution < -0.4 is 4.90 Å². The van der Waals surface area contributed by atoms with Crippen molar-refractivity contribution in [1.29, 1.82) is 0 Å². The van der Waals surface area contributed by atoms with E-state index in [0.717, 1.165) is 48.6 Å². The normalized spacial score (nSPS) is 20.8. The zero-order chi connectivity index (χ0) is 13.0. The Morgan fingerprint density at radius 3 is 3.00 bits per heavy atom. The van der Waals surface area contributed by atoms with Gasteiger partial charge in [-0.1, -0.05) is 40.5 Å². The minimum atomic E-state index is 0.319. The fraction of sp³-hybridized carbons (Fsp3) is 0.571. The first-order valence-electron chi connectivity index (χ1n) is 6.45. The number of rotatable bonds is 3. The average molecular weight is 333 g/mol. The number of benzene rings is 1. The van der Waals surface area contributed by atoms with Crippen molar-refractivity contribution in [2.45, 2.75) is 31.2 Å². The second-order valence-corrected chi connectivity index (χ2v) is 5.59. The van der Waals surface area contributed by atoms with Gasteiger partial charge in [-0.15, -0.1) is 0 Å². The van der Waals surface area contributed by atoms with Gasteiger partial charge in [0, 0.05) is 25.0 Å². The van der Waals surface area contributed by atoms with E-state index in [1.54, 1.807) is 0 Å². The van der Waals surface area contributed by atoms with Crippen molar-refractivity contribution in [3.8, 4) is 0 Å². The lowest BCUT2D eigenvalue weighted by atomic mass is 10.2. The maximum Gasteiger partial charge on any atom is 0.0747 e. The van der Waals surface area contributed by atoms with Gasteiger partial charge in [0.05, 0.1) is 16.8 Å². The molecule has 0 radical (unpaired) electrons. The summed E-state index contributed by atoms with van der Waals surface area (Å²) in [5.41, 5.74) is 2.34. The maximum atomic E-state index is 6.38. The van der Waals surface area contributed by atoms with E-state index < -0.39 is 0 Å². The highest BCUT2D eigenvalue weighted by Gasteiger charge is 2.19. The Kier molecular flexibility index (Phi) is 5.34. The van der Waals surface area contributed by atoms with E-state index in [2.05, 4.69) is 39.9 Å². The number of halogens is 2. The van der Waals surface area contributed by atoms with Crippen LogP contribution in [0.5, 0.6) is 0 Å². The van der Waals surface area contributed by atoms with Crippen molar-refractivity contribution in [2.24, 2.45) is 0 Å². The highest BCUT2D eigenvalue weighted by atomic mass is 79.9. The fourth-order valence-electron chi connectivity index (χ4n) is 2.25. The average Bonchev–Trinajstić information content (AvgIpc) is 2.63. The predicted octanol–water partition coefficient (Wildman–Crippen LogP) is 4.24. The van der Waals surface area contributed by atoms with Gasteiger partial charge >= 0.3 is 0 Å². The molecule has 1 aromatic rings. The lowest BCUT2D eigenvalue weighted by molar-refractivity contribution is 0.0664. The molecule has 0 saturated carbocycles. The van der Waals surface area contributed by atoms with E-state index in [4.69, 9.17) is 16.3 Å². The van der Waals surface area contributed by atoms with Crippen LogP contribution in [0.15, 0.2) is 18.2 Å². The third-order valence-corrected chi connectivity index (χ3v) is 4.26. The molecule has 1 heterocycles. The first-order valence-corrected chi connectivity index (χ1v) is 7.95. The van der Waals surface area contributed by atoms with E-state index in [0.29, 0.717) is 6.10 Å². The smallest absolute Gasteiger partial charge is 0.0747 e. The minimum Gasteiger partial charge on any atom is -0.376 e. The third kappa shape index (κ3) is 3.40. The first kappa shape index (κ1) is 14.2. The fourth-order valence-corrected chi connectivity index (χ4v) is 2.92. The van der Waals surface area contributed by atoms with Crippen molar-refractivity contribution in [3.05, 3.63) is 28.8 Å². The number of hydrogen-bond donors (Lipinski definition) is 0. The van der Waals surface area contributed by atoms with Crippen LogP contribution in [0.2, 0.25) is 5.02 Å². The van der Waals surface area contributed by atoms with Crippen LogP contribution in [-0.2, 0) is 10.1 Å². The standard InChI is InChI=1S/C14H19BrClNO/c1-2-12-10-17(6-3-7-18-12)14-5-4-11(9-15)8-13(14)16/h4-5,8,12H,2-3,6-7,9-10H2,1H3. The van der Waals surface area contributed by atoms with Gasteiger partial charge in [-0.2, -0.15) is 0 Å². The molecular weight excluding hydrogens is 314 g/mol. The zero-order valence-electron chi connectivity index (χ0n) is 10.7. The van der Waals surface area contributed by atoms with Crippen LogP contribution in [0.4, 0.5) is 5.69 Å². The molecule has 1 aliphatic rings. The zero-order valence-corrected chi connectivity index (χ0v) is 13.0. The summed E-state index contributed by atoms with van der Waals surface area (Å²) in [5, 5.41) is 1.68. The lowest BCUT2D eigenvalue weighted by Crippen LogP contribution is -2.31. The molecule has 18 heavy (non-hydrogen) atoms. The van der Waals surface area contributed by atoms with Gasteiger partial charge in [0.2, 0.25) is 0 Å². The van der Waals surface area contributed by atoms with Gasteiger partial charge < -0.3 is 9.64 Å². The molecule has 0 amide bonds. The van der Waals surface area contributed by atoms with Gasteiger partial charge in [-0.25, -0.2) is 0 Å². The molecule has 4 heteroatoms. The quantitative estimate of drug-likeness (QED) is 0.768. The second kappa shape index (κ2) is 6.78. The molecule has 1 fully saturated rings. The SMILES string of the molecule is CCC1CN(c2ccc(CBr)cc2Cl)CCCO1. The largest absolute Gasteiger partial charge is 0.376 e. The van der Waals surface area contributed by atoms with Crippen LogP contribution in [-0.4, -0.2) is 25.8 Å². The summed E-state index contributed by atoms with van der Waals surface area (Å²) in [6.07, 6.45) is 2.43. The van der Waals surface area contributed by atoms with E-state index in [-0.39, 0.29) is 0 Å². The number of alkyl halides is 1. The van der Waals surface area contributed by atoms with Crippen molar-refractivity contribution in [1.82, 2.24) is 0 Å². The van der Waals surface area contributed by atoms with Crippen molar-refractivity contribution < 1.29 is 4.74 Å². The van der Waals surface area contributed by atoms with Gasteiger partial charge in [0.1, 0.15) is 0 Å². The van der Waals surface area contributed by atoms with Crippen LogP contribution >= 0.6 is 27.5 Å². The number of anilines is 1. The highest BCUT2D eigenvalue weighted by molar-refractivity contribution is 9.08. The van der Waals surface area contributed by atoms with Crippen LogP contribution in [0, 0.1) is 0 Å². The highest BCUT2D eigenvalue weighted by Crippen LogP contribution is 2.29. The molecule has 1 atom stereocenters. The molecule has 0 aromatic heterocycles. The Balaban J connectivity index is 2.18. The summed E-state index contributed by atoms with van der Waals surface area (Å²) in [5.74, 6) is 0. The summed E-state index contributed by atoms with van der Waals surface area (Å²) < 4.78 is 5.80. The molecule has 2 nitrogen and oxygen atoms in total. The Hall–Kier alpha value is -0.250. The third-order valence-electron chi connectivity index (χ3n) is 3.31. The van der Waals surface area contributed by atoms with Crippen LogP contribution in [0.3, 0.4) is 0 Å². The van der Waals surface area contributed by atoms with Crippen LogP contribution in [0.1, 0.15) is 25.3 Å². The van der Waals surface area contributed by atoms with Gasteiger partial charge in [-0.05, 0) is 30.5 Å². The monoisotopic (exact) mass is 331 g/mol. The van der Waals surface area contributed by atoms with Crippen molar-refractivity contribution in [3.63, 3.8) is 0 Å². The lowest BCUT2D eigenvalue weighted by Gasteiger charge is -2.26. The molecule has 1 aliphatic heterocycles. The van der Waals surface area contributed by atoms with Gasteiger partial charge in [0.25, 0.3) is 0 Å². The van der Waals surface area contributed by atoms with E-state index in [1.165, 1.54) is 5.56 Å². The minimum absolute atomic E-state index is 0.319. The van der Waals surface area contributed by atoms with E-state index >= 15 is 0 Å². The van der Waals surface area contributed by atoms with Gasteiger partial charge in [0.15, 0.2) is 0 Å². The maximum absolute atomic E-state index is 6.38. The summed E-state index contributed by atoms with van der Waals surface area (Å²) in [6, 6.07) is 6.29. The summed E-state index contributed by atoms with van der Waals surface area (Å²) in [7, 11) is 0. The molecule has 100 valence electrons. The Labute approximate surface area is 122 Å². The molecule has 0 spiro atoms. The molecule has 0 aliphatic carbocycles. The number of nitrogens with zero attached hydrogens (tertiary/aromatic N) is 1. The van der Waals surface area contributed by atoms with E-state index in [9.17, 15) is 0 Å². The first-order chi connectivity index (χ1) is 8.74. The molecule has 0 N–H and O–H groups in total. The predicted molar refractivity (Wildman–Crippen MR) is 80.9 cm³/mol. The summed E-state index contributed by atoms with van der Waals surface area (Å²) in [6.45, 7) is 4.98. The van der Waals surface area contributed by atoms with E-state index in [1.807, 2.05) is 6.07 Å². The Bertz CT molecular complexity index is 399. The molecule has 1 saturated heterocycles. The molecular formula is C14H19BrClNO. The molecule has 2 rings (SSSR count). The number of hydrogen-bond acceptors (Lipinski definition) is 2. The molecule has 0 bridgehead atoms. The van der Waals surface area contributed by atoms with Crippen molar-refractivity contribution >= 4 is 33.2 Å². The Morgan fingerprint density at radius 2 is 2.33 bits per heavy atom. The second-order valence-electron chi connectivity index (χ2n) is 4.62. The molecule has 1 aromatic carbocycles. The Morgan fingerprint density at radius 1 is 1.50 bits per heavy atom. The topological polar surface area (TPSA) is 12.5 Å². The summed E-state index contributed by atoms with van der Waals surface area (Å²) in [4.78, 5) is 2.35. The molecule has 1 unspecified atom stereocenters. The summed E-state index contributed by atoms with van der Waals surface area (Å²) >= 11 is 9.84. The van der Waals surface area contributed by atoms with Crippen molar-refractivity contribution in [2.75, 3.05) is 24.6 Å². The van der Waals surface area contributed by atoms with Gasteiger partial charge in [-0.3, -0.25) is 0 Å². The van der Waals surface area contributed by atoms with Crippen LogP contribution in [0.25, 0.3) is 0 Å². The number of ether oxygens (including phenoxy) is 1.